The third kappa shape index (κ3) is 1.90. The average Bonchev–Trinajstić information content (AvgIpc) is 2.61. The number of aromatic nitrogens is 3. The first-order valence-electron chi connectivity index (χ1n) is 4.84. The van der Waals surface area contributed by atoms with Gasteiger partial charge in [0.1, 0.15) is 5.52 Å². The minimum absolute atomic E-state index is 0.341. The number of hydrogen-bond acceptors (Lipinski definition) is 3. The van der Waals surface area contributed by atoms with Crippen molar-refractivity contribution in [1.82, 2.24) is 14.5 Å². The number of aryl methyl sites for hydroxylation is 2. The molecule has 5 heteroatoms. The van der Waals surface area contributed by atoms with E-state index < -0.39 is 0 Å². The van der Waals surface area contributed by atoms with Crippen LogP contribution >= 0.6 is 11.6 Å². The van der Waals surface area contributed by atoms with Crippen LogP contribution in [0.3, 0.4) is 0 Å². The van der Waals surface area contributed by atoms with Gasteiger partial charge in [0.2, 0.25) is 0 Å². The first kappa shape index (κ1) is 11.8. The molecule has 0 fully saturated rings. The molecule has 82 valence electrons. The van der Waals surface area contributed by atoms with E-state index in [9.17, 15) is 0 Å². The quantitative estimate of drug-likeness (QED) is 0.703. The number of anilines is 1. The Hall–Kier alpha value is -1.29. The maximum atomic E-state index is 5.84. The number of nitrogens with zero attached hydrogens (tertiary/aromatic N) is 3. The molecule has 0 aromatic carbocycles. The molecule has 0 unspecified atom stereocenters. The Labute approximate surface area is 94.1 Å². The number of fused-ring (bicyclic) bond motifs is 1. The van der Waals surface area contributed by atoms with Crippen molar-refractivity contribution in [3.8, 4) is 0 Å². The monoisotopic (exact) mass is 226 g/mol. The number of imidazole rings is 1. The summed E-state index contributed by atoms with van der Waals surface area (Å²) in [4.78, 5) is 8.26. The van der Waals surface area contributed by atoms with Crippen molar-refractivity contribution in [2.45, 2.75) is 20.8 Å². The fourth-order valence-corrected chi connectivity index (χ4v) is 1.59. The van der Waals surface area contributed by atoms with Crippen LogP contribution in [0.4, 0.5) is 5.69 Å². The molecule has 0 aliphatic carbocycles. The summed E-state index contributed by atoms with van der Waals surface area (Å²) < 4.78 is 1.84. The molecule has 2 rings (SSSR count). The van der Waals surface area contributed by atoms with Crippen LogP contribution < -0.4 is 5.73 Å². The maximum absolute atomic E-state index is 5.84. The van der Waals surface area contributed by atoms with Gasteiger partial charge in [-0.25, -0.2) is 9.97 Å². The van der Waals surface area contributed by atoms with E-state index in [1.54, 1.807) is 6.33 Å². The molecule has 2 N–H and O–H groups in total. The van der Waals surface area contributed by atoms with Gasteiger partial charge in [0, 0.05) is 7.05 Å². The Morgan fingerprint density at radius 1 is 1.40 bits per heavy atom. The Balaban J connectivity index is 0.000000531. The second kappa shape index (κ2) is 4.49. The second-order valence-electron chi connectivity index (χ2n) is 2.95. The van der Waals surface area contributed by atoms with E-state index in [4.69, 9.17) is 17.3 Å². The molecule has 0 spiro atoms. The van der Waals surface area contributed by atoms with Gasteiger partial charge in [0.05, 0.1) is 23.2 Å². The van der Waals surface area contributed by atoms with Gasteiger partial charge < -0.3 is 10.3 Å². The number of nitrogen functional groups attached to an aromatic ring is 1. The Kier molecular flexibility index (Phi) is 3.52. The molecule has 0 atom stereocenters. The predicted octanol–water partition coefficient (Wildman–Crippen LogP) is 2.54. The molecule has 0 bridgehead atoms. The van der Waals surface area contributed by atoms with Crippen LogP contribution in [0.5, 0.6) is 0 Å². The van der Waals surface area contributed by atoms with Gasteiger partial charge >= 0.3 is 0 Å². The van der Waals surface area contributed by atoms with Crippen molar-refractivity contribution < 1.29 is 0 Å². The first-order valence-corrected chi connectivity index (χ1v) is 5.21. The SMILES string of the molecule is CC.Cc1nc(Cl)c(N)c2c1ncn2C. The van der Waals surface area contributed by atoms with E-state index in [1.165, 1.54) is 0 Å². The highest BCUT2D eigenvalue weighted by atomic mass is 35.5. The van der Waals surface area contributed by atoms with Crippen molar-refractivity contribution in [3.05, 3.63) is 17.2 Å². The lowest BCUT2D eigenvalue weighted by molar-refractivity contribution is 0.948. The molecule has 0 aliphatic heterocycles. The maximum Gasteiger partial charge on any atom is 0.154 e. The van der Waals surface area contributed by atoms with Gasteiger partial charge in [0.25, 0.3) is 0 Å². The molecule has 2 aromatic heterocycles. The summed E-state index contributed by atoms with van der Waals surface area (Å²) in [5.74, 6) is 0. The molecule has 0 amide bonds. The van der Waals surface area contributed by atoms with Gasteiger partial charge in [-0.3, -0.25) is 0 Å². The van der Waals surface area contributed by atoms with Crippen LogP contribution in [0.25, 0.3) is 11.0 Å². The summed E-state index contributed by atoms with van der Waals surface area (Å²) in [6, 6.07) is 0. The Bertz CT molecular complexity index is 476. The molecule has 0 saturated heterocycles. The van der Waals surface area contributed by atoms with E-state index in [-0.39, 0.29) is 0 Å². The fourth-order valence-electron chi connectivity index (χ4n) is 1.37. The average molecular weight is 227 g/mol. The van der Waals surface area contributed by atoms with Gasteiger partial charge in [0.15, 0.2) is 5.15 Å². The highest BCUT2D eigenvalue weighted by Crippen LogP contribution is 2.27. The molecule has 2 aromatic rings. The molecular formula is C10H15ClN4. The third-order valence-corrected chi connectivity index (χ3v) is 2.31. The zero-order valence-electron chi connectivity index (χ0n) is 9.37. The Morgan fingerprint density at radius 3 is 2.60 bits per heavy atom. The number of pyridine rings is 1. The summed E-state index contributed by atoms with van der Waals surface area (Å²) in [6.07, 6.45) is 1.70. The second-order valence-corrected chi connectivity index (χ2v) is 3.31. The van der Waals surface area contributed by atoms with Gasteiger partial charge in [-0.1, -0.05) is 25.4 Å². The predicted molar refractivity (Wildman–Crippen MR) is 64.0 cm³/mol. The molecular weight excluding hydrogens is 212 g/mol. The van der Waals surface area contributed by atoms with Crippen LogP contribution in [0, 0.1) is 6.92 Å². The lowest BCUT2D eigenvalue weighted by Crippen LogP contribution is -1.97. The number of rotatable bonds is 0. The van der Waals surface area contributed by atoms with Gasteiger partial charge in [-0.2, -0.15) is 0 Å². The van der Waals surface area contributed by atoms with Gasteiger partial charge in [-0.05, 0) is 6.92 Å². The minimum Gasteiger partial charge on any atom is -0.394 e. The van der Waals surface area contributed by atoms with Crippen molar-refractivity contribution >= 4 is 28.3 Å². The van der Waals surface area contributed by atoms with Crippen molar-refractivity contribution in [2.75, 3.05) is 5.73 Å². The lowest BCUT2D eigenvalue weighted by atomic mass is 10.3. The van der Waals surface area contributed by atoms with E-state index in [0.29, 0.717) is 10.8 Å². The van der Waals surface area contributed by atoms with E-state index >= 15 is 0 Å². The molecule has 0 aliphatic rings. The molecule has 15 heavy (non-hydrogen) atoms. The third-order valence-electron chi connectivity index (χ3n) is 2.02. The standard InChI is InChI=1S/C8H9ClN4.C2H6/c1-4-6-7(13(2)3-11-6)5(10)8(9)12-4;1-2/h3H,10H2,1-2H3;1-2H3. The van der Waals surface area contributed by atoms with Crippen LogP contribution in [-0.4, -0.2) is 14.5 Å². The summed E-state index contributed by atoms with van der Waals surface area (Å²) in [5.41, 5.74) is 8.72. The smallest absolute Gasteiger partial charge is 0.154 e. The van der Waals surface area contributed by atoms with Crippen LogP contribution in [-0.2, 0) is 7.05 Å². The van der Waals surface area contributed by atoms with E-state index in [2.05, 4.69) is 9.97 Å². The van der Waals surface area contributed by atoms with Crippen LogP contribution in [0.2, 0.25) is 5.15 Å². The highest BCUT2D eigenvalue weighted by molar-refractivity contribution is 6.33. The van der Waals surface area contributed by atoms with E-state index in [0.717, 1.165) is 16.7 Å². The summed E-state index contributed by atoms with van der Waals surface area (Å²) in [5, 5.41) is 0.341. The first-order chi connectivity index (χ1) is 7.11. The topological polar surface area (TPSA) is 56.7 Å². The molecule has 0 saturated carbocycles. The largest absolute Gasteiger partial charge is 0.394 e. The van der Waals surface area contributed by atoms with Gasteiger partial charge in [-0.15, -0.1) is 0 Å². The zero-order valence-corrected chi connectivity index (χ0v) is 10.1. The van der Waals surface area contributed by atoms with E-state index in [1.807, 2.05) is 32.4 Å². The zero-order chi connectivity index (χ0) is 11.6. The molecule has 4 nitrogen and oxygen atoms in total. The summed E-state index contributed by atoms with van der Waals surface area (Å²) in [7, 11) is 1.88. The van der Waals surface area contributed by atoms with Crippen molar-refractivity contribution in [1.29, 1.82) is 0 Å². The van der Waals surface area contributed by atoms with Crippen LogP contribution in [0.1, 0.15) is 19.5 Å². The van der Waals surface area contributed by atoms with Crippen molar-refractivity contribution in [3.63, 3.8) is 0 Å². The van der Waals surface area contributed by atoms with Crippen molar-refractivity contribution in [2.24, 2.45) is 7.05 Å². The lowest BCUT2D eigenvalue weighted by Gasteiger charge is -2.03. The minimum atomic E-state index is 0.341. The Morgan fingerprint density at radius 2 is 2.00 bits per heavy atom. The summed E-state index contributed by atoms with van der Waals surface area (Å²) in [6.45, 7) is 5.86. The molecule has 0 radical (unpaired) electrons. The summed E-state index contributed by atoms with van der Waals surface area (Å²) >= 11 is 5.84. The number of halogens is 1. The highest BCUT2D eigenvalue weighted by Gasteiger charge is 2.11. The normalized spacial score (nSPS) is 9.93. The fraction of sp³-hybridized carbons (Fsp3) is 0.400. The van der Waals surface area contributed by atoms with Crippen LogP contribution in [0.15, 0.2) is 6.33 Å². The number of hydrogen-bond donors (Lipinski definition) is 1. The number of nitrogens with two attached hydrogens (primary N) is 1. The molecule has 2 heterocycles.